The minimum atomic E-state index is -4.98. The molecular weight excluding hydrogens is 492 g/mol. The molecule has 0 spiro atoms. The van der Waals surface area contributed by atoms with E-state index in [9.17, 15) is 32.6 Å². The lowest BCUT2D eigenvalue weighted by molar-refractivity contribution is -0.148. The van der Waals surface area contributed by atoms with E-state index in [0.717, 1.165) is 13.0 Å². The Morgan fingerprint density at radius 2 is 1.73 bits per heavy atom. The van der Waals surface area contributed by atoms with Crippen LogP contribution < -0.4 is 16.8 Å². The van der Waals surface area contributed by atoms with Crippen molar-refractivity contribution in [2.45, 2.75) is 39.0 Å². The number of nitrogens with two attached hydrogens (primary N) is 2. The SMILES string of the molecule is C=C(N)\C=C(/N=C(C)/C(=C\C(O)=C/C)C(NC(C)/C(=C\C(F)=C/N)C(=O)O)C(F)(F)F)c1ccccc1. The van der Waals surface area contributed by atoms with Crippen molar-refractivity contribution in [3.05, 3.63) is 101 Å². The van der Waals surface area contributed by atoms with Gasteiger partial charge in [0.25, 0.3) is 0 Å². The summed E-state index contributed by atoms with van der Waals surface area (Å²) in [4.78, 5) is 15.9. The van der Waals surface area contributed by atoms with Crippen LogP contribution in [0.25, 0.3) is 5.70 Å². The first-order valence-electron chi connectivity index (χ1n) is 10.9. The van der Waals surface area contributed by atoms with Crippen LogP contribution >= 0.6 is 0 Å². The molecule has 0 heterocycles. The molecule has 200 valence electrons. The maximum Gasteiger partial charge on any atom is 0.407 e. The number of carbonyl (C=O) groups is 1. The fourth-order valence-electron chi connectivity index (χ4n) is 3.12. The molecule has 2 unspecified atom stereocenters. The van der Waals surface area contributed by atoms with Gasteiger partial charge < -0.3 is 21.7 Å². The number of allylic oxidation sites excluding steroid dienone is 5. The third kappa shape index (κ3) is 9.80. The molecule has 1 aromatic rings. The van der Waals surface area contributed by atoms with E-state index in [4.69, 9.17) is 11.5 Å². The summed E-state index contributed by atoms with van der Waals surface area (Å²) in [6.07, 6.45) is -0.580. The number of aliphatic imine (C=N–C) groups is 1. The first kappa shape index (κ1) is 30.9. The van der Waals surface area contributed by atoms with Crippen molar-refractivity contribution in [1.82, 2.24) is 5.32 Å². The van der Waals surface area contributed by atoms with Gasteiger partial charge in [-0.2, -0.15) is 13.2 Å². The van der Waals surface area contributed by atoms with Crippen molar-refractivity contribution in [2.75, 3.05) is 0 Å². The Balaban J connectivity index is 3.75. The number of carboxylic acids is 1. The molecule has 0 saturated heterocycles. The number of benzene rings is 1. The molecular formula is C26H30F4N4O3. The van der Waals surface area contributed by atoms with Crippen molar-refractivity contribution >= 4 is 17.4 Å². The van der Waals surface area contributed by atoms with Crippen LogP contribution in [0, 0.1) is 0 Å². The van der Waals surface area contributed by atoms with E-state index in [-0.39, 0.29) is 17.1 Å². The van der Waals surface area contributed by atoms with E-state index in [2.05, 4.69) is 16.9 Å². The maximum absolute atomic E-state index is 14.3. The predicted molar refractivity (Wildman–Crippen MR) is 137 cm³/mol. The lowest BCUT2D eigenvalue weighted by Crippen LogP contribution is -2.50. The second-order valence-corrected chi connectivity index (χ2v) is 7.80. The molecule has 2 atom stereocenters. The summed E-state index contributed by atoms with van der Waals surface area (Å²) in [5, 5.41) is 21.7. The topological polar surface area (TPSA) is 134 Å². The highest BCUT2D eigenvalue weighted by Crippen LogP contribution is 2.30. The Bertz CT molecular complexity index is 1160. The Hall–Kier alpha value is -4.12. The highest BCUT2D eigenvalue weighted by molar-refractivity contribution is 6.03. The molecule has 1 aromatic carbocycles. The number of nitrogens with one attached hydrogen (secondary N) is 1. The summed E-state index contributed by atoms with van der Waals surface area (Å²) in [5.41, 5.74) is 10.2. The van der Waals surface area contributed by atoms with Crippen LogP contribution in [0.3, 0.4) is 0 Å². The summed E-state index contributed by atoms with van der Waals surface area (Å²) in [7, 11) is 0. The lowest BCUT2D eigenvalue weighted by Gasteiger charge is -2.28. The van der Waals surface area contributed by atoms with Gasteiger partial charge in [-0.1, -0.05) is 36.9 Å². The van der Waals surface area contributed by atoms with Crippen LogP contribution in [0.4, 0.5) is 17.6 Å². The highest BCUT2D eigenvalue weighted by Gasteiger charge is 2.44. The maximum atomic E-state index is 14.3. The van der Waals surface area contributed by atoms with Crippen LogP contribution in [0.5, 0.6) is 0 Å². The average Bonchev–Trinajstić information content (AvgIpc) is 2.82. The van der Waals surface area contributed by atoms with Crippen molar-refractivity contribution in [3.63, 3.8) is 0 Å². The van der Waals surface area contributed by atoms with Crippen molar-refractivity contribution < 1.29 is 32.6 Å². The van der Waals surface area contributed by atoms with Crippen molar-refractivity contribution in [1.29, 1.82) is 0 Å². The fraction of sp³-hybridized carbons (Fsp3) is 0.231. The summed E-state index contributed by atoms with van der Waals surface area (Å²) in [6, 6.07) is 4.46. The quantitative estimate of drug-likeness (QED) is 0.0909. The molecule has 0 aromatic heterocycles. The van der Waals surface area contributed by atoms with E-state index in [1.54, 1.807) is 30.3 Å². The summed E-state index contributed by atoms with van der Waals surface area (Å²) >= 11 is 0. The number of aliphatic hydroxyl groups excluding tert-OH is 1. The van der Waals surface area contributed by atoms with Gasteiger partial charge in [0.15, 0.2) is 0 Å². The molecule has 0 aliphatic heterocycles. The molecule has 0 fully saturated rings. The number of carboxylic acid groups (broad SMARTS) is 1. The number of nitrogens with zero attached hydrogens (tertiary/aromatic N) is 1. The first-order valence-corrected chi connectivity index (χ1v) is 10.9. The van der Waals surface area contributed by atoms with Gasteiger partial charge in [0.2, 0.25) is 0 Å². The number of hydrogen-bond acceptors (Lipinski definition) is 6. The van der Waals surface area contributed by atoms with Gasteiger partial charge in [0.05, 0.1) is 11.3 Å². The van der Waals surface area contributed by atoms with Crippen LogP contribution in [-0.4, -0.2) is 40.2 Å². The summed E-state index contributed by atoms with van der Waals surface area (Å²) < 4.78 is 56.6. The lowest BCUT2D eigenvalue weighted by atomic mass is 9.97. The molecule has 0 aliphatic rings. The zero-order valence-corrected chi connectivity index (χ0v) is 20.6. The van der Waals surface area contributed by atoms with Crippen LogP contribution in [0.1, 0.15) is 26.3 Å². The molecule has 0 saturated carbocycles. The predicted octanol–water partition coefficient (Wildman–Crippen LogP) is 5.04. The van der Waals surface area contributed by atoms with Gasteiger partial charge >= 0.3 is 12.1 Å². The van der Waals surface area contributed by atoms with Crippen LogP contribution in [0.15, 0.2) is 101 Å². The fourth-order valence-corrected chi connectivity index (χ4v) is 3.12. The van der Waals surface area contributed by atoms with Gasteiger partial charge in [-0.25, -0.2) is 9.18 Å². The number of aliphatic hydroxyl groups is 1. The number of rotatable bonds is 11. The van der Waals surface area contributed by atoms with Gasteiger partial charge in [0.1, 0.15) is 17.6 Å². The largest absolute Gasteiger partial charge is 0.508 e. The number of hydrogen-bond donors (Lipinski definition) is 5. The van der Waals surface area contributed by atoms with Crippen LogP contribution in [0.2, 0.25) is 0 Å². The third-order valence-electron chi connectivity index (χ3n) is 4.92. The number of aliphatic carboxylic acids is 1. The first-order chi connectivity index (χ1) is 17.2. The van der Waals surface area contributed by atoms with E-state index in [0.29, 0.717) is 17.8 Å². The second-order valence-electron chi connectivity index (χ2n) is 7.80. The monoisotopic (exact) mass is 522 g/mol. The van der Waals surface area contributed by atoms with Gasteiger partial charge in [-0.3, -0.25) is 10.3 Å². The third-order valence-corrected chi connectivity index (χ3v) is 4.92. The van der Waals surface area contributed by atoms with E-state index < -0.39 is 47.0 Å². The molecule has 0 amide bonds. The van der Waals surface area contributed by atoms with Gasteiger partial charge in [-0.05, 0) is 45.1 Å². The normalized spacial score (nSPS) is 16.4. The number of halogens is 4. The molecule has 37 heavy (non-hydrogen) atoms. The Morgan fingerprint density at radius 1 is 1.14 bits per heavy atom. The van der Waals surface area contributed by atoms with Crippen LogP contribution in [-0.2, 0) is 4.79 Å². The molecule has 7 nitrogen and oxygen atoms in total. The average molecular weight is 523 g/mol. The highest BCUT2D eigenvalue weighted by atomic mass is 19.4. The molecule has 0 aliphatic carbocycles. The van der Waals surface area contributed by atoms with Crippen molar-refractivity contribution in [2.24, 2.45) is 16.5 Å². The minimum Gasteiger partial charge on any atom is -0.508 e. The smallest absolute Gasteiger partial charge is 0.407 e. The second kappa shape index (κ2) is 13.8. The van der Waals surface area contributed by atoms with Crippen molar-refractivity contribution in [3.8, 4) is 0 Å². The Labute approximate surface area is 212 Å². The van der Waals surface area contributed by atoms with E-state index in [1.165, 1.54) is 26.0 Å². The molecule has 1 rings (SSSR count). The Kier molecular flexibility index (Phi) is 11.6. The molecule has 7 N–H and O–H groups in total. The molecule has 11 heteroatoms. The molecule has 0 bridgehead atoms. The zero-order valence-electron chi connectivity index (χ0n) is 20.6. The molecule has 0 radical (unpaired) electrons. The Morgan fingerprint density at radius 3 is 2.19 bits per heavy atom. The van der Waals surface area contributed by atoms with E-state index >= 15 is 0 Å². The van der Waals surface area contributed by atoms with Gasteiger partial charge in [-0.15, -0.1) is 0 Å². The number of alkyl halides is 3. The van der Waals surface area contributed by atoms with E-state index in [1.807, 2.05) is 0 Å². The standard InChI is InChI=1S/C26H30F4N4O3/c1-5-20(35)13-21(16(3)33-23(11-15(2)32)18-9-7-6-8-10-18)24(26(28,29)30)34-17(4)22(25(36)37)12-19(27)14-31/h5-14,17,24,34-35H,2,31-32H2,1,3-4H3,(H,36,37)/b19-14+,20-5+,21-13+,22-12+,23-11-,33-16+. The van der Waals surface area contributed by atoms with Gasteiger partial charge in [0, 0.05) is 34.8 Å². The summed E-state index contributed by atoms with van der Waals surface area (Å²) in [6.45, 7) is 7.41. The summed E-state index contributed by atoms with van der Waals surface area (Å²) in [5.74, 6) is -3.29. The minimum absolute atomic E-state index is 0.0996. The zero-order chi connectivity index (χ0) is 28.3.